The fraction of sp³-hybridized carbons (Fsp3) is 0.488. The van der Waals surface area contributed by atoms with Gasteiger partial charge in [-0.2, -0.15) is 0 Å². The number of hydrogen-bond donors (Lipinski definition) is 3. The molecule has 5 atom stereocenters. The lowest BCUT2D eigenvalue weighted by Crippen LogP contribution is -2.58. The zero-order valence-electron chi connectivity index (χ0n) is 32.5. The van der Waals surface area contributed by atoms with Crippen molar-refractivity contribution in [2.45, 2.75) is 93.9 Å². The van der Waals surface area contributed by atoms with Crippen LogP contribution in [0.4, 0.5) is 4.79 Å². The van der Waals surface area contributed by atoms with E-state index in [1.54, 1.807) is 40.0 Å². The molecule has 0 bridgehead atoms. The Hall–Kier alpha value is -5.22. The molecule has 57 heavy (non-hydrogen) atoms. The standard InChI is InChI=1S/C41H49N5O10S/c1-40(2,3)56-39(50)43-32-17-19-54-18-9-8-12-27-23-41(27,38(49)45-57(51,52)30-14-15-30)44-35(47)34-22-29(24-46(34)37(32)48)55-36-31-16-13-28(53-4)20-26(31)21-33(42-36)25-10-6-5-7-11-25/h5-8,10-13,16,20-21,27,29-30,32,34H,9,14-15,17-19,22-24H2,1-4H3,(H,43,50)(H,44,47)(H,45,49)/b12-8-/t27-,29-,32+,34+,41-/m1/s1. The molecule has 0 unspecified atom stereocenters. The number of rotatable bonds is 8. The molecular formula is C41H49N5O10S. The van der Waals surface area contributed by atoms with Crippen LogP contribution in [0.5, 0.6) is 11.6 Å². The molecular weight excluding hydrogens is 755 g/mol. The number of nitrogens with zero attached hydrogens (tertiary/aromatic N) is 2. The monoisotopic (exact) mass is 803 g/mol. The zero-order valence-corrected chi connectivity index (χ0v) is 33.3. The van der Waals surface area contributed by atoms with Crippen LogP contribution in [-0.2, 0) is 33.9 Å². The zero-order chi connectivity index (χ0) is 40.5. The molecule has 0 spiro atoms. The number of benzene rings is 2. The van der Waals surface area contributed by atoms with Crippen molar-refractivity contribution in [1.82, 2.24) is 25.2 Å². The molecule has 3 heterocycles. The molecule has 1 saturated heterocycles. The third-order valence-corrected chi connectivity index (χ3v) is 12.3. The van der Waals surface area contributed by atoms with Crippen LogP contribution in [0.25, 0.3) is 22.0 Å². The summed E-state index contributed by atoms with van der Waals surface area (Å²) in [6.07, 6.45) is 3.66. The van der Waals surface area contributed by atoms with Crippen molar-refractivity contribution >= 4 is 44.6 Å². The summed E-state index contributed by atoms with van der Waals surface area (Å²) in [6.45, 7) is 5.45. The summed E-state index contributed by atoms with van der Waals surface area (Å²) in [7, 11) is -2.34. The van der Waals surface area contributed by atoms with Crippen LogP contribution >= 0.6 is 0 Å². The Balaban J connectivity index is 1.23. The van der Waals surface area contributed by atoms with E-state index in [4.69, 9.17) is 23.9 Å². The van der Waals surface area contributed by atoms with Crippen molar-refractivity contribution in [2.24, 2.45) is 5.92 Å². The van der Waals surface area contributed by atoms with Gasteiger partial charge in [-0.05, 0) is 76.1 Å². The number of ether oxygens (including phenoxy) is 4. The van der Waals surface area contributed by atoms with Gasteiger partial charge in [-0.25, -0.2) is 18.2 Å². The normalized spacial score (nSPS) is 26.1. The first-order valence-electron chi connectivity index (χ1n) is 19.3. The van der Waals surface area contributed by atoms with Crippen molar-refractivity contribution in [3.63, 3.8) is 0 Å². The van der Waals surface area contributed by atoms with E-state index in [0.717, 1.165) is 10.9 Å². The molecule has 3 N–H and O–H groups in total. The SMILES string of the molecule is COc1ccc2c(O[C@@H]3C[C@H]4C(=O)N[C@]5(C(=O)NS(=O)(=O)C6CC6)C[C@H]5/C=C\CCOCC[C@H](NC(=O)OC(C)(C)C)C(=O)N4C3)nc(-c3ccccc3)cc2c1. The summed E-state index contributed by atoms with van der Waals surface area (Å²) in [5, 5.41) is 6.37. The highest BCUT2D eigenvalue weighted by Crippen LogP contribution is 2.46. The summed E-state index contributed by atoms with van der Waals surface area (Å²) in [5.74, 6) is -1.64. The second kappa shape index (κ2) is 16.0. The first kappa shape index (κ1) is 40.0. The van der Waals surface area contributed by atoms with Gasteiger partial charge in [0.15, 0.2) is 0 Å². The average Bonchev–Trinajstić information content (AvgIpc) is 4.09. The minimum Gasteiger partial charge on any atom is -0.497 e. The molecule has 304 valence electrons. The van der Waals surface area contributed by atoms with Crippen LogP contribution < -0.4 is 24.8 Å². The Morgan fingerprint density at radius 3 is 2.53 bits per heavy atom. The molecule has 15 nitrogen and oxygen atoms in total. The predicted molar refractivity (Wildman–Crippen MR) is 210 cm³/mol. The summed E-state index contributed by atoms with van der Waals surface area (Å²) in [6, 6.07) is 14.7. The van der Waals surface area contributed by atoms with E-state index in [-0.39, 0.29) is 44.9 Å². The van der Waals surface area contributed by atoms with Crippen molar-refractivity contribution in [1.29, 1.82) is 0 Å². The van der Waals surface area contributed by atoms with E-state index in [1.165, 1.54) is 4.90 Å². The molecule has 3 aromatic rings. The van der Waals surface area contributed by atoms with E-state index in [2.05, 4.69) is 15.4 Å². The molecule has 16 heteroatoms. The molecule has 2 aliphatic heterocycles. The molecule has 2 aromatic carbocycles. The van der Waals surface area contributed by atoms with Crippen LogP contribution in [-0.4, -0.2) is 104 Å². The molecule has 2 saturated carbocycles. The van der Waals surface area contributed by atoms with Crippen LogP contribution in [0.2, 0.25) is 0 Å². The number of aromatic nitrogens is 1. The fourth-order valence-corrected chi connectivity index (χ4v) is 8.66. The van der Waals surface area contributed by atoms with Gasteiger partial charge in [0, 0.05) is 36.3 Å². The van der Waals surface area contributed by atoms with Crippen molar-refractivity contribution in [3.8, 4) is 22.9 Å². The Bertz CT molecular complexity index is 2170. The van der Waals surface area contributed by atoms with Crippen LogP contribution in [0.1, 0.15) is 59.3 Å². The molecule has 2 aliphatic carbocycles. The van der Waals surface area contributed by atoms with E-state index >= 15 is 0 Å². The van der Waals surface area contributed by atoms with Gasteiger partial charge in [0.2, 0.25) is 27.7 Å². The second-order valence-electron chi connectivity index (χ2n) is 16.0. The number of carbonyl (C=O) groups is 4. The lowest BCUT2D eigenvalue weighted by Gasteiger charge is -2.30. The van der Waals surface area contributed by atoms with E-state index < -0.39 is 74.3 Å². The maximum atomic E-state index is 14.6. The van der Waals surface area contributed by atoms with Gasteiger partial charge in [-0.3, -0.25) is 19.1 Å². The second-order valence-corrected chi connectivity index (χ2v) is 18.0. The highest BCUT2D eigenvalue weighted by molar-refractivity contribution is 7.91. The van der Waals surface area contributed by atoms with Gasteiger partial charge < -0.3 is 34.5 Å². The number of amides is 4. The van der Waals surface area contributed by atoms with E-state index in [0.29, 0.717) is 36.1 Å². The molecule has 4 amide bonds. The summed E-state index contributed by atoms with van der Waals surface area (Å²) >= 11 is 0. The van der Waals surface area contributed by atoms with Crippen molar-refractivity contribution in [2.75, 3.05) is 26.9 Å². The average molecular weight is 804 g/mol. The number of nitrogens with one attached hydrogen (secondary N) is 3. The topological polar surface area (TPSA) is 192 Å². The Morgan fingerprint density at radius 1 is 1.04 bits per heavy atom. The Kier molecular flexibility index (Phi) is 11.2. The fourth-order valence-electron chi connectivity index (χ4n) is 7.30. The van der Waals surface area contributed by atoms with Crippen LogP contribution in [0.15, 0.2) is 66.7 Å². The third kappa shape index (κ3) is 9.17. The number of alkyl carbamates (subject to hydrolysis) is 1. The number of carbonyl (C=O) groups excluding carboxylic acids is 4. The van der Waals surface area contributed by atoms with Crippen LogP contribution in [0, 0.1) is 5.92 Å². The summed E-state index contributed by atoms with van der Waals surface area (Å²) in [5.41, 5.74) is -0.920. The largest absolute Gasteiger partial charge is 0.497 e. The summed E-state index contributed by atoms with van der Waals surface area (Å²) in [4.78, 5) is 62.1. The van der Waals surface area contributed by atoms with Crippen molar-refractivity contribution in [3.05, 3.63) is 66.7 Å². The number of hydrogen-bond acceptors (Lipinski definition) is 11. The maximum absolute atomic E-state index is 14.6. The van der Waals surface area contributed by atoms with E-state index in [9.17, 15) is 27.6 Å². The van der Waals surface area contributed by atoms with Gasteiger partial charge in [0.05, 0.1) is 31.2 Å². The lowest BCUT2D eigenvalue weighted by molar-refractivity contribution is -0.141. The first-order chi connectivity index (χ1) is 27.2. The van der Waals surface area contributed by atoms with Gasteiger partial charge in [-0.1, -0.05) is 42.5 Å². The highest BCUT2D eigenvalue weighted by Gasteiger charge is 2.62. The Morgan fingerprint density at radius 2 is 1.81 bits per heavy atom. The van der Waals surface area contributed by atoms with Crippen LogP contribution in [0.3, 0.4) is 0 Å². The number of pyridine rings is 1. The van der Waals surface area contributed by atoms with Gasteiger partial charge >= 0.3 is 6.09 Å². The first-order valence-corrected chi connectivity index (χ1v) is 20.8. The maximum Gasteiger partial charge on any atom is 0.408 e. The molecule has 3 fully saturated rings. The number of methoxy groups -OCH3 is 1. The molecule has 1 aromatic heterocycles. The van der Waals surface area contributed by atoms with Crippen molar-refractivity contribution < 1.29 is 46.5 Å². The lowest BCUT2D eigenvalue weighted by atomic mass is 10.1. The molecule has 7 rings (SSSR count). The van der Waals surface area contributed by atoms with Gasteiger partial charge in [-0.15, -0.1) is 0 Å². The van der Waals surface area contributed by atoms with Gasteiger partial charge in [0.1, 0.15) is 35.1 Å². The Labute approximate surface area is 331 Å². The third-order valence-electron chi connectivity index (χ3n) is 10.5. The smallest absolute Gasteiger partial charge is 0.408 e. The van der Waals surface area contributed by atoms with Gasteiger partial charge in [0.25, 0.3) is 5.91 Å². The number of fused-ring (bicyclic) bond motifs is 3. The molecule has 0 radical (unpaired) electrons. The minimum atomic E-state index is -3.92. The van der Waals surface area contributed by atoms with E-state index in [1.807, 2.05) is 54.6 Å². The predicted octanol–water partition coefficient (Wildman–Crippen LogP) is 4.00. The minimum absolute atomic E-state index is 0.000696. The number of sulfonamides is 1. The highest BCUT2D eigenvalue weighted by atomic mass is 32.2. The summed E-state index contributed by atoms with van der Waals surface area (Å²) < 4.78 is 51.4. The quantitative estimate of drug-likeness (QED) is 0.279. The molecule has 4 aliphatic rings.